The van der Waals surface area contributed by atoms with Crippen LogP contribution < -0.4 is 10.6 Å². The molecule has 2 N–H and O–H groups in total. The van der Waals surface area contributed by atoms with Crippen LogP contribution in [0.2, 0.25) is 0 Å². The van der Waals surface area contributed by atoms with Gasteiger partial charge in [0, 0.05) is 51.7 Å². The molecule has 0 atom stereocenters. The zero-order chi connectivity index (χ0) is 18.6. The number of hydrogen-bond acceptors (Lipinski definition) is 5. The number of amides is 1. The number of benzene rings is 1. The maximum Gasteiger partial charge on any atom is 0.267 e. The van der Waals surface area contributed by atoms with Crippen LogP contribution in [0.4, 0.5) is 0 Å². The SMILES string of the molecule is Cc1ccc(S(=O)(=O)n2ccc(C(=O)NCCN3CCNCC3)c2)cc1. The molecule has 0 bridgehead atoms. The third-order valence-electron chi connectivity index (χ3n) is 4.45. The van der Waals surface area contributed by atoms with E-state index in [1.165, 1.54) is 18.5 Å². The lowest BCUT2D eigenvalue weighted by molar-refractivity contribution is 0.0947. The summed E-state index contributed by atoms with van der Waals surface area (Å²) < 4.78 is 26.3. The number of hydrogen-bond donors (Lipinski definition) is 2. The van der Waals surface area contributed by atoms with Crippen LogP contribution >= 0.6 is 0 Å². The Morgan fingerprint density at radius 1 is 1.15 bits per heavy atom. The van der Waals surface area contributed by atoms with Crippen LogP contribution in [-0.4, -0.2) is 62.5 Å². The van der Waals surface area contributed by atoms with Crippen LogP contribution in [0, 0.1) is 6.92 Å². The van der Waals surface area contributed by atoms with Crippen molar-refractivity contribution in [2.75, 3.05) is 39.3 Å². The van der Waals surface area contributed by atoms with E-state index < -0.39 is 10.0 Å². The molecule has 1 aliphatic rings. The molecule has 2 heterocycles. The molecule has 26 heavy (non-hydrogen) atoms. The van der Waals surface area contributed by atoms with Crippen molar-refractivity contribution < 1.29 is 13.2 Å². The van der Waals surface area contributed by atoms with Gasteiger partial charge in [0.15, 0.2) is 0 Å². The van der Waals surface area contributed by atoms with E-state index in [1.807, 2.05) is 6.92 Å². The Morgan fingerprint density at radius 3 is 2.54 bits per heavy atom. The monoisotopic (exact) mass is 376 g/mol. The first-order valence-corrected chi connectivity index (χ1v) is 10.1. The Labute approximate surface area is 154 Å². The number of nitrogens with one attached hydrogen (secondary N) is 2. The summed E-state index contributed by atoms with van der Waals surface area (Å²) in [5, 5.41) is 6.13. The maximum atomic E-state index is 12.6. The van der Waals surface area contributed by atoms with Gasteiger partial charge in [-0.3, -0.25) is 9.69 Å². The van der Waals surface area contributed by atoms with Crippen LogP contribution in [0.3, 0.4) is 0 Å². The molecular formula is C18H24N4O3S. The first kappa shape index (κ1) is 18.6. The second-order valence-electron chi connectivity index (χ2n) is 6.40. The molecule has 0 saturated carbocycles. The van der Waals surface area contributed by atoms with E-state index in [-0.39, 0.29) is 10.8 Å². The summed E-state index contributed by atoms with van der Waals surface area (Å²) in [5.74, 6) is -0.266. The summed E-state index contributed by atoms with van der Waals surface area (Å²) in [6.07, 6.45) is 2.76. The van der Waals surface area contributed by atoms with Crippen LogP contribution in [0.25, 0.3) is 0 Å². The lowest BCUT2D eigenvalue weighted by Crippen LogP contribution is -2.46. The van der Waals surface area contributed by atoms with Gasteiger partial charge in [-0.15, -0.1) is 0 Å². The minimum atomic E-state index is -3.68. The van der Waals surface area contributed by atoms with Crippen molar-refractivity contribution >= 4 is 15.9 Å². The van der Waals surface area contributed by atoms with Gasteiger partial charge >= 0.3 is 0 Å². The lowest BCUT2D eigenvalue weighted by Gasteiger charge is -2.27. The van der Waals surface area contributed by atoms with Crippen LogP contribution in [-0.2, 0) is 10.0 Å². The smallest absolute Gasteiger partial charge is 0.267 e. The Hall–Kier alpha value is -2.16. The van der Waals surface area contributed by atoms with E-state index in [4.69, 9.17) is 0 Å². The van der Waals surface area contributed by atoms with Crippen molar-refractivity contribution in [3.8, 4) is 0 Å². The van der Waals surface area contributed by atoms with Crippen molar-refractivity contribution in [2.45, 2.75) is 11.8 Å². The van der Waals surface area contributed by atoms with Crippen LogP contribution in [0.5, 0.6) is 0 Å². The van der Waals surface area contributed by atoms with E-state index in [9.17, 15) is 13.2 Å². The molecule has 8 heteroatoms. The molecule has 1 amide bonds. The number of piperazine rings is 1. The summed E-state index contributed by atoms with van der Waals surface area (Å²) in [7, 11) is -3.68. The van der Waals surface area contributed by atoms with Crippen molar-refractivity contribution in [2.24, 2.45) is 0 Å². The second-order valence-corrected chi connectivity index (χ2v) is 8.24. The normalized spacial score (nSPS) is 15.7. The van der Waals surface area contributed by atoms with Crippen molar-refractivity contribution in [3.63, 3.8) is 0 Å². The Bertz CT molecular complexity index is 853. The minimum Gasteiger partial charge on any atom is -0.351 e. The molecule has 7 nitrogen and oxygen atoms in total. The van der Waals surface area contributed by atoms with Gasteiger partial charge < -0.3 is 10.6 Å². The molecule has 0 radical (unpaired) electrons. The van der Waals surface area contributed by atoms with Crippen LogP contribution in [0.1, 0.15) is 15.9 Å². The Morgan fingerprint density at radius 2 is 1.85 bits per heavy atom. The molecule has 1 aliphatic heterocycles. The molecule has 0 aliphatic carbocycles. The number of carbonyl (C=O) groups excluding carboxylic acids is 1. The predicted octanol–water partition coefficient (Wildman–Crippen LogP) is 0.669. The highest BCUT2D eigenvalue weighted by Gasteiger charge is 2.18. The molecule has 140 valence electrons. The lowest BCUT2D eigenvalue weighted by atomic mass is 10.2. The number of nitrogens with zero attached hydrogens (tertiary/aromatic N) is 2. The summed E-state index contributed by atoms with van der Waals surface area (Å²) in [6.45, 7) is 7.10. The van der Waals surface area contributed by atoms with E-state index in [0.717, 1.165) is 42.3 Å². The molecule has 1 fully saturated rings. The van der Waals surface area contributed by atoms with Gasteiger partial charge in [-0.25, -0.2) is 12.4 Å². The third kappa shape index (κ3) is 4.32. The number of aromatic nitrogens is 1. The largest absolute Gasteiger partial charge is 0.351 e. The zero-order valence-corrected chi connectivity index (χ0v) is 15.6. The molecule has 3 rings (SSSR count). The fourth-order valence-electron chi connectivity index (χ4n) is 2.86. The average Bonchev–Trinajstić information content (AvgIpc) is 3.14. The topological polar surface area (TPSA) is 83.4 Å². The van der Waals surface area contributed by atoms with E-state index in [0.29, 0.717) is 12.1 Å². The molecule has 0 unspecified atom stereocenters. The summed E-state index contributed by atoms with van der Waals surface area (Å²) in [4.78, 5) is 14.7. The van der Waals surface area contributed by atoms with E-state index >= 15 is 0 Å². The van der Waals surface area contributed by atoms with Crippen molar-refractivity contribution in [3.05, 3.63) is 53.9 Å². The quantitative estimate of drug-likeness (QED) is 0.774. The Kier molecular flexibility index (Phi) is 5.75. The first-order valence-electron chi connectivity index (χ1n) is 8.68. The van der Waals surface area contributed by atoms with Gasteiger partial charge in [0.2, 0.25) is 0 Å². The molecule has 0 spiro atoms. The molecule has 2 aromatic rings. The van der Waals surface area contributed by atoms with Crippen molar-refractivity contribution in [1.29, 1.82) is 0 Å². The van der Waals surface area contributed by atoms with Gasteiger partial charge in [-0.2, -0.15) is 0 Å². The standard InChI is InChI=1S/C18H24N4O3S/c1-15-2-4-17(5-3-15)26(24,25)22-10-6-16(14-22)18(23)20-9-13-21-11-7-19-8-12-21/h2-6,10,14,19H,7-9,11-13H2,1H3,(H,20,23). The van der Waals surface area contributed by atoms with Crippen LogP contribution in [0.15, 0.2) is 47.6 Å². The van der Waals surface area contributed by atoms with E-state index in [2.05, 4.69) is 15.5 Å². The first-order chi connectivity index (χ1) is 12.5. The average molecular weight is 376 g/mol. The number of carbonyl (C=O) groups is 1. The summed E-state index contributed by atoms with van der Waals surface area (Å²) in [5.41, 5.74) is 1.32. The van der Waals surface area contributed by atoms with E-state index in [1.54, 1.807) is 24.3 Å². The fraction of sp³-hybridized carbons (Fsp3) is 0.389. The second kappa shape index (κ2) is 8.03. The summed E-state index contributed by atoms with van der Waals surface area (Å²) in [6, 6.07) is 8.15. The van der Waals surface area contributed by atoms with Crippen molar-refractivity contribution in [1.82, 2.24) is 19.5 Å². The maximum absolute atomic E-state index is 12.6. The molecule has 1 saturated heterocycles. The van der Waals surface area contributed by atoms with Gasteiger partial charge in [0.05, 0.1) is 10.5 Å². The molecule has 1 aromatic heterocycles. The molecule has 1 aromatic carbocycles. The predicted molar refractivity (Wildman–Crippen MR) is 99.8 cm³/mol. The fourth-order valence-corrected chi connectivity index (χ4v) is 4.05. The summed E-state index contributed by atoms with van der Waals surface area (Å²) >= 11 is 0. The number of aryl methyl sites for hydroxylation is 1. The third-order valence-corrected chi connectivity index (χ3v) is 6.10. The highest BCUT2D eigenvalue weighted by Crippen LogP contribution is 2.16. The zero-order valence-electron chi connectivity index (χ0n) is 14.8. The highest BCUT2D eigenvalue weighted by molar-refractivity contribution is 7.90. The minimum absolute atomic E-state index is 0.198. The van der Waals surface area contributed by atoms with Gasteiger partial charge in [0.25, 0.3) is 15.9 Å². The molecular weight excluding hydrogens is 352 g/mol. The number of rotatable bonds is 6. The Balaban J connectivity index is 1.61. The van der Waals surface area contributed by atoms with Gasteiger partial charge in [-0.1, -0.05) is 17.7 Å². The highest BCUT2D eigenvalue weighted by atomic mass is 32.2. The van der Waals surface area contributed by atoms with Gasteiger partial charge in [0.1, 0.15) is 0 Å². The van der Waals surface area contributed by atoms with Gasteiger partial charge in [-0.05, 0) is 25.1 Å².